The van der Waals surface area contributed by atoms with Crippen molar-refractivity contribution in [2.24, 2.45) is 0 Å². The van der Waals surface area contributed by atoms with Gasteiger partial charge in [-0.15, -0.1) is 0 Å². The highest BCUT2D eigenvalue weighted by molar-refractivity contribution is 7.97. The van der Waals surface area contributed by atoms with Crippen LogP contribution in [0.2, 0.25) is 0 Å². The molecule has 0 amide bonds. The van der Waals surface area contributed by atoms with E-state index in [1.54, 1.807) is 6.07 Å². The van der Waals surface area contributed by atoms with Crippen molar-refractivity contribution in [3.8, 4) is 0 Å². The molecule has 78 valence electrons. The van der Waals surface area contributed by atoms with E-state index in [1.165, 1.54) is 24.3 Å². The average molecular weight is 236 g/mol. The Balaban J connectivity index is 3.05. The first-order chi connectivity index (χ1) is 6.31. The van der Waals surface area contributed by atoms with Crippen molar-refractivity contribution in [3.05, 3.63) is 30.3 Å². The second-order valence-corrected chi connectivity index (χ2v) is 6.78. The van der Waals surface area contributed by atoms with Crippen LogP contribution in [0.1, 0.15) is 0 Å². The zero-order valence-electron chi connectivity index (χ0n) is 7.07. The number of benzene rings is 1. The second kappa shape index (κ2) is 3.82. The Morgan fingerprint density at radius 3 is 2.07 bits per heavy atom. The molecule has 0 aromatic heterocycles. The molecule has 2 N–H and O–H groups in total. The lowest BCUT2D eigenvalue weighted by atomic mass is 10.4. The molecule has 1 rings (SSSR count). The van der Waals surface area contributed by atoms with Gasteiger partial charge in [0.05, 0.1) is 4.90 Å². The van der Waals surface area contributed by atoms with Crippen molar-refractivity contribution >= 4 is 17.4 Å². The summed E-state index contributed by atoms with van der Waals surface area (Å²) in [7, 11) is -8.42. The van der Waals surface area contributed by atoms with Crippen LogP contribution in [0.4, 0.5) is 0 Å². The molecular weight excluding hydrogens is 227 g/mol. The molecule has 0 aliphatic rings. The van der Waals surface area contributed by atoms with Crippen molar-refractivity contribution in [2.75, 3.05) is 5.49 Å². The third kappa shape index (κ3) is 3.23. The third-order valence-electron chi connectivity index (χ3n) is 1.44. The Morgan fingerprint density at radius 2 is 1.64 bits per heavy atom. The molecule has 0 bridgehead atoms. The fourth-order valence-corrected chi connectivity index (χ4v) is 3.86. The first-order valence-electron chi connectivity index (χ1n) is 3.64. The Labute approximate surface area is 81.5 Å². The molecule has 0 aliphatic carbocycles. The molecule has 14 heavy (non-hydrogen) atoms. The Morgan fingerprint density at radius 1 is 1.14 bits per heavy atom. The van der Waals surface area contributed by atoms with Crippen molar-refractivity contribution in [1.29, 1.82) is 0 Å². The van der Waals surface area contributed by atoms with Gasteiger partial charge in [0, 0.05) is 0 Å². The van der Waals surface area contributed by atoms with Gasteiger partial charge in [0.25, 0.3) is 0 Å². The summed E-state index contributed by atoms with van der Waals surface area (Å²) >= 11 is 0. The van der Waals surface area contributed by atoms with Gasteiger partial charge in [-0.1, -0.05) is 18.2 Å². The molecule has 0 fully saturated rings. The highest BCUT2D eigenvalue weighted by atomic mass is 32.2. The highest BCUT2D eigenvalue weighted by Crippen LogP contribution is 2.37. The SMILES string of the molecule is O=P(O)(O)CS(=O)(=O)c1ccccc1. The van der Waals surface area contributed by atoms with Crippen LogP contribution in [0.3, 0.4) is 0 Å². The first-order valence-corrected chi connectivity index (χ1v) is 7.09. The van der Waals surface area contributed by atoms with Crippen LogP contribution in [0.15, 0.2) is 35.2 Å². The minimum atomic E-state index is -4.54. The van der Waals surface area contributed by atoms with E-state index in [0.717, 1.165) is 0 Å². The largest absolute Gasteiger partial charge is 0.340 e. The maximum atomic E-state index is 11.4. The van der Waals surface area contributed by atoms with E-state index < -0.39 is 22.9 Å². The van der Waals surface area contributed by atoms with Gasteiger partial charge in [-0.3, -0.25) is 4.57 Å². The number of sulfone groups is 1. The average Bonchev–Trinajstić information content (AvgIpc) is 2.01. The predicted molar refractivity (Wildman–Crippen MR) is 50.5 cm³/mol. The zero-order chi connectivity index (χ0) is 10.8. The molecule has 7 heteroatoms. The van der Waals surface area contributed by atoms with Gasteiger partial charge in [0.2, 0.25) is 0 Å². The maximum absolute atomic E-state index is 11.4. The van der Waals surface area contributed by atoms with E-state index in [1.807, 2.05) is 0 Å². The summed E-state index contributed by atoms with van der Waals surface area (Å²) in [6.07, 6.45) is 0. The van der Waals surface area contributed by atoms with Crippen LogP contribution >= 0.6 is 7.60 Å². The van der Waals surface area contributed by atoms with Gasteiger partial charge >= 0.3 is 7.60 Å². The van der Waals surface area contributed by atoms with Crippen molar-refractivity contribution in [1.82, 2.24) is 0 Å². The Bertz CT molecular complexity index is 446. The van der Waals surface area contributed by atoms with Crippen LogP contribution in [0.25, 0.3) is 0 Å². The summed E-state index contributed by atoms with van der Waals surface area (Å²) in [5, 5.41) is 0. The lowest BCUT2D eigenvalue weighted by Crippen LogP contribution is -2.06. The summed E-state index contributed by atoms with van der Waals surface area (Å²) in [4.78, 5) is 17.0. The molecular formula is C7H9O5PS. The molecule has 0 radical (unpaired) electrons. The zero-order valence-corrected chi connectivity index (χ0v) is 8.78. The quantitative estimate of drug-likeness (QED) is 0.749. The van der Waals surface area contributed by atoms with E-state index >= 15 is 0 Å². The summed E-state index contributed by atoms with van der Waals surface area (Å²) in [6, 6.07) is 7.20. The predicted octanol–water partition coefficient (Wildman–Crippen LogP) is 0.596. The van der Waals surface area contributed by atoms with Crippen LogP contribution < -0.4 is 0 Å². The molecule has 0 atom stereocenters. The van der Waals surface area contributed by atoms with Crippen molar-refractivity contribution in [3.63, 3.8) is 0 Å². The minimum absolute atomic E-state index is 0.0803. The van der Waals surface area contributed by atoms with Gasteiger partial charge in [-0.25, -0.2) is 8.42 Å². The molecule has 0 heterocycles. The smallest absolute Gasteiger partial charge is 0.324 e. The van der Waals surface area contributed by atoms with Gasteiger partial charge in [-0.05, 0) is 12.1 Å². The molecule has 5 nitrogen and oxygen atoms in total. The van der Waals surface area contributed by atoms with Gasteiger partial charge < -0.3 is 9.79 Å². The fraction of sp³-hybridized carbons (Fsp3) is 0.143. The topological polar surface area (TPSA) is 91.7 Å². The first kappa shape index (κ1) is 11.4. The third-order valence-corrected chi connectivity index (χ3v) is 5.14. The number of hydrogen-bond donors (Lipinski definition) is 2. The van der Waals surface area contributed by atoms with Gasteiger partial charge in [0.15, 0.2) is 15.3 Å². The van der Waals surface area contributed by atoms with E-state index in [2.05, 4.69) is 0 Å². The lowest BCUT2D eigenvalue weighted by Gasteiger charge is -2.05. The Hall–Kier alpha value is -0.680. The van der Waals surface area contributed by atoms with Crippen LogP contribution in [-0.2, 0) is 14.4 Å². The molecule has 0 saturated carbocycles. The molecule has 0 aliphatic heterocycles. The van der Waals surface area contributed by atoms with Crippen LogP contribution in [0, 0.1) is 0 Å². The molecule has 1 aromatic rings. The Kier molecular flexibility index (Phi) is 3.11. The van der Waals surface area contributed by atoms with E-state index in [0.29, 0.717) is 0 Å². The summed E-state index contributed by atoms with van der Waals surface area (Å²) in [6.45, 7) is 0. The summed E-state index contributed by atoms with van der Waals surface area (Å²) in [5.41, 5.74) is -1.15. The summed E-state index contributed by atoms with van der Waals surface area (Å²) in [5.74, 6) is 0. The van der Waals surface area contributed by atoms with Gasteiger partial charge in [-0.2, -0.15) is 0 Å². The minimum Gasteiger partial charge on any atom is -0.324 e. The summed E-state index contributed by atoms with van der Waals surface area (Å²) < 4.78 is 33.2. The van der Waals surface area contributed by atoms with E-state index in [4.69, 9.17) is 9.79 Å². The van der Waals surface area contributed by atoms with Crippen molar-refractivity contribution < 1.29 is 22.8 Å². The highest BCUT2D eigenvalue weighted by Gasteiger charge is 2.26. The van der Waals surface area contributed by atoms with Gasteiger partial charge in [0.1, 0.15) is 0 Å². The van der Waals surface area contributed by atoms with Crippen LogP contribution in [0.5, 0.6) is 0 Å². The van der Waals surface area contributed by atoms with E-state index in [-0.39, 0.29) is 4.90 Å². The standard InChI is InChI=1S/C7H9O5PS/c8-13(9,10)6-14(11,12)7-4-2-1-3-5-7/h1-5H,6H2,(H2,8,9,10). The number of hydrogen-bond acceptors (Lipinski definition) is 3. The van der Waals surface area contributed by atoms with Crippen LogP contribution in [-0.4, -0.2) is 23.7 Å². The van der Waals surface area contributed by atoms with Crippen molar-refractivity contribution in [2.45, 2.75) is 4.90 Å². The molecule has 0 unspecified atom stereocenters. The second-order valence-electron chi connectivity index (χ2n) is 2.72. The lowest BCUT2D eigenvalue weighted by molar-refractivity contribution is 0.378. The monoisotopic (exact) mass is 236 g/mol. The van der Waals surface area contributed by atoms with E-state index in [9.17, 15) is 13.0 Å². The molecule has 0 spiro atoms. The maximum Gasteiger partial charge on any atom is 0.340 e. The molecule has 0 saturated heterocycles. The molecule has 1 aromatic carbocycles. The normalized spacial score (nSPS) is 12.7. The fourth-order valence-electron chi connectivity index (χ4n) is 0.924. The number of rotatable bonds is 3.